The van der Waals surface area contributed by atoms with Crippen molar-refractivity contribution in [1.82, 2.24) is 14.8 Å². The van der Waals surface area contributed by atoms with Crippen molar-refractivity contribution in [1.29, 1.82) is 0 Å². The Bertz CT molecular complexity index is 1290. The van der Waals surface area contributed by atoms with Crippen LogP contribution in [0.3, 0.4) is 0 Å². The molecular weight excluding hydrogens is 442 g/mol. The van der Waals surface area contributed by atoms with Crippen molar-refractivity contribution in [2.45, 2.75) is 56.7 Å². The second-order valence-corrected chi connectivity index (χ2v) is 9.86. The van der Waals surface area contributed by atoms with Gasteiger partial charge in [-0.05, 0) is 42.2 Å². The number of nitrogens with one attached hydrogen (secondary N) is 1. The standard InChI is InChI=1S/C28H31N3O4/c1-34-23-13-12-17(14-24(23)35-2)27-26-20(19-10-6-7-11-21(19)29-26)15-22-28(33)30(16-25(32)31(22)27)18-8-4-3-5-9-18/h6-7,10-14,18,22,27,29H,3-5,8-9,15-16H2,1-2H3/t22-,27+/m0/s1. The summed E-state index contributed by atoms with van der Waals surface area (Å²) in [6.07, 6.45) is 5.96. The molecule has 182 valence electrons. The summed E-state index contributed by atoms with van der Waals surface area (Å²) in [5, 5.41) is 1.11. The lowest BCUT2D eigenvalue weighted by Crippen LogP contribution is -2.65. The van der Waals surface area contributed by atoms with E-state index in [4.69, 9.17) is 9.47 Å². The highest BCUT2D eigenvalue weighted by Gasteiger charge is 2.49. The summed E-state index contributed by atoms with van der Waals surface area (Å²) < 4.78 is 11.0. The number of amides is 2. The van der Waals surface area contributed by atoms with Crippen LogP contribution >= 0.6 is 0 Å². The number of hydrogen-bond donors (Lipinski definition) is 1. The molecule has 2 aliphatic heterocycles. The number of aromatic amines is 1. The third-order valence-electron chi connectivity index (χ3n) is 8.03. The van der Waals surface area contributed by atoms with Crippen LogP contribution in [0.5, 0.6) is 11.5 Å². The van der Waals surface area contributed by atoms with Crippen molar-refractivity contribution in [3.8, 4) is 11.5 Å². The molecule has 6 rings (SSSR count). The molecule has 7 nitrogen and oxygen atoms in total. The Balaban J connectivity index is 1.49. The minimum absolute atomic E-state index is 0.00395. The van der Waals surface area contributed by atoms with Gasteiger partial charge >= 0.3 is 0 Å². The first-order chi connectivity index (χ1) is 17.1. The molecule has 2 atom stereocenters. The number of nitrogens with zero attached hydrogens (tertiary/aromatic N) is 2. The Morgan fingerprint density at radius 1 is 0.943 bits per heavy atom. The van der Waals surface area contributed by atoms with E-state index >= 15 is 0 Å². The van der Waals surface area contributed by atoms with Crippen LogP contribution in [0.4, 0.5) is 0 Å². The maximum atomic E-state index is 13.9. The van der Waals surface area contributed by atoms with E-state index in [0.29, 0.717) is 17.9 Å². The molecule has 0 unspecified atom stereocenters. The number of fused-ring (bicyclic) bond motifs is 4. The first-order valence-electron chi connectivity index (χ1n) is 12.5. The zero-order valence-electron chi connectivity index (χ0n) is 20.3. The average molecular weight is 474 g/mol. The first kappa shape index (κ1) is 22.0. The number of para-hydroxylation sites is 1. The first-order valence-corrected chi connectivity index (χ1v) is 12.5. The van der Waals surface area contributed by atoms with Crippen molar-refractivity contribution in [2.24, 2.45) is 0 Å². The lowest BCUT2D eigenvalue weighted by molar-refractivity contribution is -0.161. The quantitative estimate of drug-likeness (QED) is 0.616. The van der Waals surface area contributed by atoms with Crippen molar-refractivity contribution in [2.75, 3.05) is 20.8 Å². The van der Waals surface area contributed by atoms with Gasteiger partial charge in [0.15, 0.2) is 11.5 Å². The molecule has 7 heteroatoms. The summed E-state index contributed by atoms with van der Waals surface area (Å²) in [6.45, 7) is 0.152. The van der Waals surface area contributed by atoms with Crippen LogP contribution in [0.25, 0.3) is 10.9 Å². The predicted molar refractivity (Wildman–Crippen MR) is 133 cm³/mol. The van der Waals surface area contributed by atoms with Gasteiger partial charge in [0.2, 0.25) is 11.8 Å². The molecule has 35 heavy (non-hydrogen) atoms. The summed E-state index contributed by atoms with van der Waals surface area (Å²) in [7, 11) is 3.22. The van der Waals surface area contributed by atoms with E-state index in [9.17, 15) is 9.59 Å². The van der Waals surface area contributed by atoms with Crippen LogP contribution in [0.2, 0.25) is 0 Å². The second-order valence-electron chi connectivity index (χ2n) is 9.86. The van der Waals surface area contributed by atoms with E-state index in [1.807, 2.05) is 40.1 Å². The fraction of sp³-hybridized carbons (Fsp3) is 0.429. The number of piperazine rings is 1. The van der Waals surface area contributed by atoms with Crippen molar-refractivity contribution >= 4 is 22.7 Å². The number of carbonyl (C=O) groups excluding carboxylic acids is 2. The summed E-state index contributed by atoms with van der Waals surface area (Å²) >= 11 is 0. The third-order valence-corrected chi connectivity index (χ3v) is 8.03. The topological polar surface area (TPSA) is 74.9 Å². The lowest BCUT2D eigenvalue weighted by atomic mass is 9.85. The fourth-order valence-corrected chi connectivity index (χ4v) is 6.36. The zero-order chi connectivity index (χ0) is 24.1. The molecule has 3 aromatic rings. The number of H-pyrrole nitrogens is 1. The molecule has 2 amide bonds. The average Bonchev–Trinajstić information content (AvgIpc) is 3.28. The van der Waals surface area contributed by atoms with Gasteiger partial charge in [-0.25, -0.2) is 0 Å². The number of rotatable bonds is 4. The van der Waals surface area contributed by atoms with Gasteiger partial charge in [-0.3, -0.25) is 9.59 Å². The second kappa shape index (κ2) is 8.63. The van der Waals surface area contributed by atoms with Gasteiger partial charge in [0.25, 0.3) is 0 Å². The number of benzene rings is 2. The summed E-state index contributed by atoms with van der Waals surface area (Å²) in [6, 6.07) is 13.2. The van der Waals surface area contributed by atoms with Crippen LogP contribution in [-0.4, -0.2) is 59.4 Å². The smallest absolute Gasteiger partial charge is 0.246 e. The molecule has 3 aliphatic rings. The fourth-order valence-electron chi connectivity index (χ4n) is 6.36. The number of hydrogen-bond acceptors (Lipinski definition) is 4. The van der Waals surface area contributed by atoms with Gasteiger partial charge in [-0.2, -0.15) is 0 Å². The Morgan fingerprint density at radius 3 is 2.49 bits per heavy atom. The van der Waals surface area contributed by atoms with E-state index in [0.717, 1.165) is 53.4 Å². The predicted octanol–water partition coefficient (Wildman–Crippen LogP) is 4.20. The molecule has 0 radical (unpaired) electrons. The van der Waals surface area contributed by atoms with E-state index in [2.05, 4.69) is 17.1 Å². The van der Waals surface area contributed by atoms with Crippen LogP contribution in [0, 0.1) is 0 Å². The minimum atomic E-state index is -0.511. The van der Waals surface area contributed by atoms with Gasteiger partial charge in [-0.1, -0.05) is 43.5 Å². The van der Waals surface area contributed by atoms with Crippen LogP contribution in [0.15, 0.2) is 42.5 Å². The van der Waals surface area contributed by atoms with Gasteiger partial charge in [-0.15, -0.1) is 0 Å². The summed E-state index contributed by atoms with van der Waals surface area (Å²) in [5.74, 6) is 1.32. The Morgan fingerprint density at radius 2 is 1.71 bits per heavy atom. The third kappa shape index (κ3) is 3.48. The maximum absolute atomic E-state index is 13.9. The molecule has 1 N–H and O–H groups in total. The Kier molecular flexibility index (Phi) is 5.43. The van der Waals surface area contributed by atoms with E-state index in [1.54, 1.807) is 14.2 Å². The van der Waals surface area contributed by atoms with Gasteiger partial charge in [0.1, 0.15) is 12.6 Å². The lowest BCUT2D eigenvalue weighted by Gasteiger charge is -2.49. The Hall–Kier alpha value is -3.48. The molecule has 1 aromatic heterocycles. The van der Waals surface area contributed by atoms with E-state index in [1.165, 1.54) is 6.42 Å². The minimum Gasteiger partial charge on any atom is -0.493 e. The summed E-state index contributed by atoms with van der Waals surface area (Å²) in [4.78, 5) is 35.0. The van der Waals surface area contributed by atoms with Crippen molar-refractivity contribution < 1.29 is 19.1 Å². The van der Waals surface area contributed by atoms with Crippen LogP contribution < -0.4 is 9.47 Å². The molecular formula is C28H31N3O4. The van der Waals surface area contributed by atoms with Gasteiger partial charge in [0.05, 0.1) is 20.3 Å². The highest BCUT2D eigenvalue weighted by molar-refractivity contribution is 5.98. The normalized spacial score (nSPS) is 22.8. The van der Waals surface area contributed by atoms with Crippen molar-refractivity contribution in [3.05, 3.63) is 59.3 Å². The van der Waals surface area contributed by atoms with Crippen LogP contribution in [0.1, 0.15) is 55.0 Å². The highest BCUT2D eigenvalue weighted by atomic mass is 16.5. The number of aromatic nitrogens is 1. The van der Waals surface area contributed by atoms with E-state index < -0.39 is 12.1 Å². The number of methoxy groups -OCH3 is 2. The molecule has 2 aromatic carbocycles. The molecule has 0 spiro atoms. The molecule has 1 saturated carbocycles. The largest absolute Gasteiger partial charge is 0.493 e. The SMILES string of the molecule is COc1ccc([C@@H]2c3[nH]c4ccccc4c3C[C@H]3C(=O)N(C4CCCCC4)CC(=O)N23)cc1OC. The monoisotopic (exact) mass is 473 g/mol. The van der Waals surface area contributed by atoms with Crippen LogP contribution in [-0.2, 0) is 16.0 Å². The van der Waals surface area contributed by atoms with Gasteiger partial charge in [0, 0.05) is 29.1 Å². The summed E-state index contributed by atoms with van der Waals surface area (Å²) in [5.41, 5.74) is 4.01. The van der Waals surface area contributed by atoms with Gasteiger partial charge < -0.3 is 24.3 Å². The molecule has 3 heterocycles. The maximum Gasteiger partial charge on any atom is 0.246 e. The highest BCUT2D eigenvalue weighted by Crippen LogP contribution is 2.44. The molecule has 1 aliphatic carbocycles. The zero-order valence-corrected chi connectivity index (χ0v) is 20.3. The molecule has 2 fully saturated rings. The van der Waals surface area contributed by atoms with E-state index in [-0.39, 0.29) is 24.4 Å². The van der Waals surface area contributed by atoms with Crippen molar-refractivity contribution in [3.63, 3.8) is 0 Å². The molecule has 1 saturated heterocycles. The molecule has 0 bridgehead atoms. The Labute approximate surface area is 205 Å². The number of ether oxygens (including phenoxy) is 2. The number of carbonyl (C=O) groups is 2.